The first-order valence-electron chi connectivity index (χ1n) is 5.40. The molecule has 0 aliphatic heterocycles. The van der Waals surface area contributed by atoms with Crippen molar-refractivity contribution in [2.45, 2.75) is 13.0 Å². The van der Waals surface area contributed by atoms with E-state index in [4.69, 9.17) is 0 Å². The summed E-state index contributed by atoms with van der Waals surface area (Å²) in [6.45, 7) is 2.18. The minimum absolute atomic E-state index is 0.304. The number of fused-ring (bicyclic) bond motifs is 1. The average molecular weight is 211 g/mol. The van der Waals surface area contributed by atoms with E-state index in [1.165, 1.54) is 16.5 Å². The molecule has 3 nitrogen and oxygen atoms in total. The number of benzene rings is 1. The third-order valence-corrected chi connectivity index (χ3v) is 3.04. The van der Waals surface area contributed by atoms with Gasteiger partial charge in [0.1, 0.15) is 0 Å². The predicted octanol–water partition coefficient (Wildman–Crippen LogP) is 2.97. The van der Waals surface area contributed by atoms with Gasteiger partial charge in [-0.15, -0.1) is 0 Å². The highest BCUT2D eigenvalue weighted by molar-refractivity contribution is 5.83. The molecule has 1 unspecified atom stereocenters. The van der Waals surface area contributed by atoms with Crippen molar-refractivity contribution >= 4 is 10.9 Å². The van der Waals surface area contributed by atoms with Crippen LogP contribution in [0.4, 0.5) is 0 Å². The molecule has 0 saturated heterocycles. The van der Waals surface area contributed by atoms with E-state index in [-0.39, 0.29) is 0 Å². The van der Waals surface area contributed by atoms with Gasteiger partial charge in [0.25, 0.3) is 0 Å². The van der Waals surface area contributed by atoms with Crippen LogP contribution in [0.25, 0.3) is 10.9 Å². The number of aromatic nitrogens is 3. The second kappa shape index (κ2) is 3.52. The highest BCUT2D eigenvalue weighted by Gasteiger charge is 2.11. The fraction of sp³-hybridized carbons (Fsp3) is 0.154. The Morgan fingerprint density at radius 3 is 3.00 bits per heavy atom. The van der Waals surface area contributed by atoms with Gasteiger partial charge in [0, 0.05) is 29.5 Å². The number of hydrogen-bond acceptors (Lipinski definition) is 1. The molecule has 0 spiro atoms. The summed E-state index contributed by atoms with van der Waals surface area (Å²) in [6, 6.07) is 8.66. The van der Waals surface area contributed by atoms with E-state index in [9.17, 15) is 0 Å². The Hall–Kier alpha value is -2.03. The Bertz CT molecular complexity index is 592. The molecule has 2 aromatic heterocycles. The molecular formula is C13H13N3. The molecule has 0 amide bonds. The van der Waals surface area contributed by atoms with Crippen LogP contribution in [0, 0.1) is 0 Å². The number of hydrogen-bond donors (Lipinski definition) is 1. The van der Waals surface area contributed by atoms with Crippen LogP contribution >= 0.6 is 0 Å². The molecular weight excluding hydrogens is 198 g/mol. The van der Waals surface area contributed by atoms with Gasteiger partial charge in [-0.2, -0.15) is 0 Å². The Kier molecular flexibility index (Phi) is 2.03. The van der Waals surface area contributed by atoms with Crippen LogP contribution in [0.2, 0.25) is 0 Å². The van der Waals surface area contributed by atoms with Gasteiger partial charge in [-0.1, -0.05) is 18.2 Å². The second-order valence-electron chi connectivity index (χ2n) is 3.98. The topological polar surface area (TPSA) is 33.6 Å². The maximum absolute atomic E-state index is 4.09. The fourth-order valence-electron chi connectivity index (χ4n) is 2.10. The lowest BCUT2D eigenvalue weighted by Crippen LogP contribution is -2.03. The number of H-pyrrole nitrogens is 1. The number of nitrogens with one attached hydrogen (secondary N) is 1. The molecule has 16 heavy (non-hydrogen) atoms. The minimum Gasteiger partial charge on any atom is -0.361 e. The van der Waals surface area contributed by atoms with E-state index in [0.29, 0.717) is 6.04 Å². The lowest BCUT2D eigenvalue weighted by Gasteiger charge is -2.11. The Morgan fingerprint density at radius 1 is 1.31 bits per heavy atom. The molecule has 1 aromatic carbocycles. The molecule has 3 aromatic rings. The van der Waals surface area contributed by atoms with Crippen molar-refractivity contribution in [2.24, 2.45) is 0 Å². The van der Waals surface area contributed by atoms with Crippen molar-refractivity contribution in [3.63, 3.8) is 0 Å². The van der Waals surface area contributed by atoms with Crippen LogP contribution in [0.5, 0.6) is 0 Å². The summed E-state index contributed by atoms with van der Waals surface area (Å²) in [5.74, 6) is 0. The van der Waals surface area contributed by atoms with Crippen LogP contribution < -0.4 is 0 Å². The lowest BCUT2D eigenvalue weighted by atomic mass is 10.1. The zero-order valence-corrected chi connectivity index (χ0v) is 9.09. The zero-order valence-electron chi connectivity index (χ0n) is 9.09. The normalized spacial score (nSPS) is 13.1. The smallest absolute Gasteiger partial charge is 0.0951 e. The fourth-order valence-corrected chi connectivity index (χ4v) is 2.10. The monoisotopic (exact) mass is 211 g/mol. The first-order valence-corrected chi connectivity index (χ1v) is 5.40. The molecule has 80 valence electrons. The summed E-state index contributed by atoms with van der Waals surface area (Å²) in [4.78, 5) is 7.38. The molecule has 2 heterocycles. The first-order chi connectivity index (χ1) is 7.86. The summed E-state index contributed by atoms with van der Waals surface area (Å²) in [5, 5.41) is 1.28. The maximum atomic E-state index is 4.09. The van der Waals surface area contributed by atoms with Crippen molar-refractivity contribution in [2.75, 3.05) is 0 Å². The molecule has 0 aliphatic rings. The molecule has 0 bridgehead atoms. The zero-order chi connectivity index (χ0) is 11.0. The number of para-hydroxylation sites is 1. The van der Waals surface area contributed by atoms with Crippen molar-refractivity contribution < 1.29 is 0 Å². The SMILES string of the molecule is CC(c1c[nH]c2ccccc12)n1ccnc1. The van der Waals surface area contributed by atoms with E-state index >= 15 is 0 Å². The Morgan fingerprint density at radius 2 is 2.19 bits per heavy atom. The van der Waals surface area contributed by atoms with Crippen LogP contribution in [0.1, 0.15) is 18.5 Å². The second-order valence-corrected chi connectivity index (χ2v) is 3.98. The molecule has 0 fully saturated rings. The third-order valence-electron chi connectivity index (χ3n) is 3.04. The van der Waals surface area contributed by atoms with Crippen molar-refractivity contribution in [3.05, 3.63) is 54.7 Å². The van der Waals surface area contributed by atoms with Crippen LogP contribution in [-0.4, -0.2) is 14.5 Å². The average Bonchev–Trinajstić information content (AvgIpc) is 2.98. The molecule has 1 atom stereocenters. The molecule has 0 radical (unpaired) electrons. The summed E-state index contributed by atoms with van der Waals surface area (Å²) in [5.41, 5.74) is 2.48. The highest BCUT2D eigenvalue weighted by atomic mass is 15.0. The summed E-state index contributed by atoms with van der Waals surface area (Å²) in [6.07, 6.45) is 7.74. The van der Waals surface area contributed by atoms with Crippen molar-refractivity contribution in [1.29, 1.82) is 0 Å². The summed E-state index contributed by atoms with van der Waals surface area (Å²) >= 11 is 0. The van der Waals surface area contributed by atoms with Gasteiger partial charge in [-0.25, -0.2) is 4.98 Å². The van der Waals surface area contributed by atoms with Gasteiger partial charge in [-0.3, -0.25) is 0 Å². The molecule has 3 heteroatoms. The largest absolute Gasteiger partial charge is 0.361 e. The minimum atomic E-state index is 0.304. The van der Waals surface area contributed by atoms with E-state index in [0.717, 1.165) is 0 Å². The molecule has 1 N–H and O–H groups in total. The van der Waals surface area contributed by atoms with Crippen molar-refractivity contribution in [3.8, 4) is 0 Å². The number of rotatable bonds is 2. The highest BCUT2D eigenvalue weighted by Crippen LogP contribution is 2.26. The molecule has 0 saturated carbocycles. The van der Waals surface area contributed by atoms with Gasteiger partial charge in [0.15, 0.2) is 0 Å². The van der Waals surface area contributed by atoms with Gasteiger partial charge in [0.05, 0.1) is 12.4 Å². The molecule has 0 aliphatic carbocycles. The van der Waals surface area contributed by atoms with Crippen LogP contribution in [-0.2, 0) is 0 Å². The van der Waals surface area contributed by atoms with Crippen molar-refractivity contribution in [1.82, 2.24) is 14.5 Å². The van der Waals surface area contributed by atoms with Gasteiger partial charge in [-0.05, 0) is 18.6 Å². The summed E-state index contributed by atoms with van der Waals surface area (Å²) in [7, 11) is 0. The number of imidazole rings is 1. The Labute approximate surface area is 93.7 Å². The number of nitrogens with zero attached hydrogens (tertiary/aromatic N) is 2. The first kappa shape index (κ1) is 9.21. The number of aromatic amines is 1. The van der Waals surface area contributed by atoms with E-state index < -0.39 is 0 Å². The maximum Gasteiger partial charge on any atom is 0.0951 e. The standard InChI is InChI=1S/C13H13N3/c1-10(16-7-6-14-9-16)12-8-15-13-5-3-2-4-11(12)13/h2-10,15H,1H3. The van der Waals surface area contributed by atoms with Crippen LogP contribution in [0.15, 0.2) is 49.2 Å². The third kappa shape index (κ3) is 1.33. The predicted molar refractivity (Wildman–Crippen MR) is 64.3 cm³/mol. The Balaban J connectivity index is 2.12. The van der Waals surface area contributed by atoms with Gasteiger partial charge >= 0.3 is 0 Å². The van der Waals surface area contributed by atoms with Gasteiger partial charge in [0.2, 0.25) is 0 Å². The van der Waals surface area contributed by atoms with Gasteiger partial charge < -0.3 is 9.55 Å². The van der Waals surface area contributed by atoms with Crippen LogP contribution in [0.3, 0.4) is 0 Å². The molecule has 3 rings (SSSR count). The van der Waals surface area contributed by atoms with E-state index in [1.54, 1.807) is 0 Å². The lowest BCUT2D eigenvalue weighted by molar-refractivity contribution is 0.643. The van der Waals surface area contributed by atoms with E-state index in [1.807, 2.05) is 24.8 Å². The quantitative estimate of drug-likeness (QED) is 0.694. The summed E-state index contributed by atoms with van der Waals surface area (Å²) < 4.78 is 2.11. The van der Waals surface area contributed by atoms with E-state index in [2.05, 4.69) is 45.9 Å².